The van der Waals surface area contributed by atoms with Crippen molar-refractivity contribution in [1.29, 1.82) is 0 Å². The van der Waals surface area contributed by atoms with Gasteiger partial charge in [-0.15, -0.1) is 0 Å². The average Bonchev–Trinajstić information content (AvgIpc) is 2.95. The number of amides is 1. The van der Waals surface area contributed by atoms with E-state index in [9.17, 15) is 4.79 Å². The highest BCUT2D eigenvalue weighted by molar-refractivity contribution is 5.80. The van der Waals surface area contributed by atoms with Crippen LogP contribution in [-0.4, -0.2) is 18.6 Å². The first-order valence-corrected chi connectivity index (χ1v) is 7.36. The predicted molar refractivity (Wildman–Crippen MR) is 79.0 cm³/mol. The number of ether oxygens (including phenoxy) is 1. The molecule has 1 fully saturated rings. The molecule has 1 saturated heterocycles. The van der Waals surface area contributed by atoms with Crippen molar-refractivity contribution in [3.8, 4) is 0 Å². The summed E-state index contributed by atoms with van der Waals surface area (Å²) in [6, 6.07) is 8.06. The predicted octanol–water partition coefficient (Wildman–Crippen LogP) is 2.14. The van der Waals surface area contributed by atoms with Gasteiger partial charge in [-0.1, -0.05) is 31.2 Å². The quantitative estimate of drug-likeness (QED) is 0.866. The van der Waals surface area contributed by atoms with E-state index in [4.69, 9.17) is 10.5 Å². The minimum Gasteiger partial charge on any atom is -0.377 e. The van der Waals surface area contributed by atoms with Crippen LogP contribution in [0, 0.1) is 5.92 Å². The van der Waals surface area contributed by atoms with Crippen molar-refractivity contribution in [1.82, 2.24) is 5.32 Å². The molecule has 1 aromatic rings. The van der Waals surface area contributed by atoms with Crippen molar-refractivity contribution >= 4 is 5.91 Å². The smallest absolute Gasteiger partial charge is 0.226 e. The van der Waals surface area contributed by atoms with Crippen LogP contribution < -0.4 is 11.1 Å². The molecule has 0 spiro atoms. The van der Waals surface area contributed by atoms with Crippen LogP contribution in [0.1, 0.15) is 43.9 Å². The van der Waals surface area contributed by atoms with E-state index >= 15 is 0 Å². The number of nitrogens with two attached hydrogens (primary N) is 1. The van der Waals surface area contributed by atoms with Crippen LogP contribution in [0.25, 0.3) is 0 Å². The maximum Gasteiger partial charge on any atom is 0.226 e. The van der Waals surface area contributed by atoms with Gasteiger partial charge in [0, 0.05) is 13.2 Å². The second kappa shape index (κ2) is 6.86. The van der Waals surface area contributed by atoms with Gasteiger partial charge < -0.3 is 15.8 Å². The Labute approximate surface area is 120 Å². The molecular weight excluding hydrogens is 252 g/mol. The Balaban J connectivity index is 1.96. The Morgan fingerprint density at radius 3 is 2.75 bits per heavy atom. The van der Waals surface area contributed by atoms with Gasteiger partial charge in [-0.25, -0.2) is 0 Å². The number of carbonyl (C=O) groups is 1. The molecule has 1 heterocycles. The van der Waals surface area contributed by atoms with Crippen molar-refractivity contribution in [3.05, 3.63) is 35.4 Å². The molecule has 4 nitrogen and oxygen atoms in total. The van der Waals surface area contributed by atoms with Crippen molar-refractivity contribution in [2.75, 3.05) is 6.61 Å². The zero-order valence-corrected chi connectivity index (χ0v) is 12.3. The lowest BCUT2D eigenvalue weighted by Crippen LogP contribution is -2.36. The topological polar surface area (TPSA) is 64.3 Å². The molecule has 3 atom stereocenters. The molecule has 2 rings (SSSR count). The molecule has 1 amide bonds. The Kier molecular flexibility index (Phi) is 5.15. The first-order valence-electron chi connectivity index (χ1n) is 7.36. The van der Waals surface area contributed by atoms with E-state index < -0.39 is 0 Å². The Hall–Kier alpha value is -1.39. The van der Waals surface area contributed by atoms with Gasteiger partial charge >= 0.3 is 0 Å². The highest BCUT2D eigenvalue weighted by Crippen LogP contribution is 2.24. The molecule has 3 unspecified atom stereocenters. The summed E-state index contributed by atoms with van der Waals surface area (Å²) in [6.45, 7) is 5.30. The first-order chi connectivity index (χ1) is 9.65. The van der Waals surface area contributed by atoms with E-state index in [1.807, 2.05) is 31.2 Å². The van der Waals surface area contributed by atoms with Gasteiger partial charge in [-0.05, 0) is 30.9 Å². The number of hydrogen-bond acceptors (Lipinski definition) is 3. The van der Waals surface area contributed by atoms with E-state index in [0.717, 1.165) is 24.0 Å². The SMILES string of the molecule is CCC1OCCC1C(=O)NC(C)c1ccc(CN)cc1. The third-order valence-corrected chi connectivity index (χ3v) is 4.02. The van der Waals surface area contributed by atoms with Crippen molar-refractivity contribution in [2.24, 2.45) is 11.7 Å². The van der Waals surface area contributed by atoms with Crippen LogP contribution >= 0.6 is 0 Å². The third-order valence-electron chi connectivity index (χ3n) is 4.02. The normalized spacial score (nSPS) is 23.6. The molecule has 4 heteroatoms. The van der Waals surface area contributed by atoms with Gasteiger partial charge in [-0.3, -0.25) is 4.79 Å². The Bertz CT molecular complexity index is 444. The summed E-state index contributed by atoms with van der Waals surface area (Å²) in [4.78, 5) is 12.3. The van der Waals surface area contributed by atoms with Crippen LogP contribution in [-0.2, 0) is 16.1 Å². The lowest BCUT2D eigenvalue weighted by Gasteiger charge is -2.20. The summed E-state index contributed by atoms with van der Waals surface area (Å²) in [6.07, 6.45) is 1.78. The molecule has 110 valence electrons. The molecule has 0 saturated carbocycles. The summed E-state index contributed by atoms with van der Waals surface area (Å²) in [5, 5.41) is 3.09. The number of hydrogen-bond donors (Lipinski definition) is 2. The molecule has 1 aliphatic heterocycles. The number of rotatable bonds is 5. The van der Waals surface area contributed by atoms with Gasteiger partial charge in [0.2, 0.25) is 5.91 Å². The van der Waals surface area contributed by atoms with Crippen LogP contribution in [0.5, 0.6) is 0 Å². The molecular formula is C16H24N2O2. The lowest BCUT2D eigenvalue weighted by atomic mass is 9.97. The number of carbonyl (C=O) groups excluding carboxylic acids is 1. The monoisotopic (exact) mass is 276 g/mol. The van der Waals surface area contributed by atoms with Crippen LogP contribution in [0.3, 0.4) is 0 Å². The van der Waals surface area contributed by atoms with E-state index in [2.05, 4.69) is 12.2 Å². The van der Waals surface area contributed by atoms with Gasteiger partial charge in [0.15, 0.2) is 0 Å². The highest BCUT2D eigenvalue weighted by atomic mass is 16.5. The van der Waals surface area contributed by atoms with E-state index in [-0.39, 0.29) is 24.0 Å². The summed E-state index contributed by atoms with van der Waals surface area (Å²) in [5.41, 5.74) is 7.79. The molecule has 0 radical (unpaired) electrons. The lowest BCUT2D eigenvalue weighted by molar-refractivity contribution is -0.127. The second-order valence-electron chi connectivity index (χ2n) is 5.39. The van der Waals surface area contributed by atoms with Crippen molar-refractivity contribution < 1.29 is 9.53 Å². The fourth-order valence-electron chi connectivity index (χ4n) is 2.70. The maximum absolute atomic E-state index is 12.3. The second-order valence-corrected chi connectivity index (χ2v) is 5.39. The van der Waals surface area contributed by atoms with Crippen LogP contribution in [0.15, 0.2) is 24.3 Å². The zero-order valence-electron chi connectivity index (χ0n) is 12.3. The molecule has 1 aromatic carbocycles. The maximum atomic E-state index is 12.3. The number of nitrogens with one attached hydrogen (secondary N) is 1. The molecule has 0 aliphatic carbocycles. The summed E-state index contributed by atoms with van der Waals surface area (Å²) in [5.74, 6) is 0.0931. The first kappa shape index (κ1) is 15.0. The van der Waals surface area contributed by atoms with Gasteiger partial charge in [0.1, 0.15) is 0 Å². The van der Waals surface area contributed by atoms with Gasteiger partial charge in [-0.2, -0.15) is 0 Å². The van der Waals surface area contributed by atoms with E-state index in [0.29, 0.717) is 13.2 Å². The minimum atomic E-state index is -0.00855. The molecule has 20 heavy (non-hydrogen) atoms. The summed E-state index contributed by atoms with van der Waals surface area (Å²) in [7, 11) is 0. The molecule has 0 aromatic heterocycles. The van der Waals surface area contributed by atoms with Gasteiger partial charge in [0.25, 0.3) is 0 Å². The van der Waals surface area contributed by atoms with Crippen molar-refractivity contribution in [3.63, 3.8) is 0 Å². The zero-order chi connectivity index (χ0) is 14.5. The summed E-state index contributed by atoms with van der Waals surface area (Å²) < 4.78 is 5.58. The average molecular weight is 276 g/mol. The fourth-order valence-corrected chi connectivity index (χ4v) is 2.70. The molecule has 1 aliphatic rings. The van der Waals surface area contributed by atoms with Crippen LogP contribution in [0.4, 0.5) is 0 Å². The molecule has 3 N–H and O–H groups in total. The Morgan fingerprint density at radius 1 is 1.45 bits per heavy atom. The minimum absolute atomic E-state index is 0.00688. The third kappa shape index (κ3) is 3.38. The highest BCUT2D eigenvalue weighted by Gasteiger charge is 2.33. The largest absolute Gasteiger partial charge is 0.377 e. The van der Waals surface area contributed by atoms with Gasteiger partial charge in [0.05, 0.1) is 18.1 Å². The van der Waals surface area contributed by atoms with Crippen LogP contribution in [0.2, 0.25) is 0 Å². The van der Waals surface area contributed by atoms with Crippen molar-refractivity contribution in [2.45, 2.75) is 45.4 Å². The number of benzene rings is 1. The summed E-state index contributed by atoms with van der Waals surface area (Å²) >= 11 is 0. The molecule has 0 bridgehead atoms. The fraction of sp³-hybridized carbons (Fsp3) is 0.562. The Morgan fingerprint density at radius 2 is 2.15 bits per heavy atom. The standard InChI is InChI=1S/C16H24N2O2/c1-3-15-14(8-9-20-15)16(19)18-11(2)13-6-4-12(10-17)5-7-13/h4-7,11,14-15H,3,8-10,17H2,1-2H3,(H,18,19). The van der Waals surface area contributed by atoms with E-state index in [1.54, 1.807) is 0 Å². The van der Waals surface area contributed by atoms with E-state index in [1.165, 1.54) is 0 Å².